The van der Waals surface area contributed by atoms with Gasteiger partial charge in [-0.1, -0.05) is 0 Å². The number of aliphatic hydroxyl groups excluding tert-OH is 1. The van der Waals surface area contributed by atoms with Gasteiger partial charge in [-0.2, -0.15) is 0 Å². The van der Waals surface area contributed by atoms with E-state index in [0.717, 1.165) is 12.4 Å². The maximum atomic E-state index is 11.2. The van der Waals surface area contributed by atoms with Gasteiger partial charge in [-0.25, -0.2) is 0 Å². The van der Waals surface area contributed by atoms with Gasteiger partial charge in [-0.3, -0.25) is 4.79 Å². The normalized spacial score (nSPS) is 10.3. The molecule has 84 valence electrons. The average molecular weight is 212 g/mol. The van der Waals surface area contributed by atoms with Crippen LogP contribution in [0.3, 0.4) is 0 Å². The molecular weight excluding hydrogens is 196 g/mol. The Kier molecular flexibility index (Phi) is 4.76. The van der Waals surface area contributed by atoms with Crippen LogP contribution in [0.5, 0.6) is 0 Å². The van der Waals surface area contributed by atoms with E-state index < -0.39 is 0 Å². The molecule has 0 saturated carbocycles. The monoisotopic (exact) mass is 212 g/mol. The van der Waals surface area contributed by atoms with Gasteiger partial charge in [0.25, 0.3) is 0 Å². The first-order valence-corrected chi connectivity index (χ1v) is 5.02. The van der Waals surface area contributed by atoms with Crippen LogP contribution in [0.25, 0.3) is 0 Å². The second kappa shape index (κ2) is 6.13. The van der Waals surface area contributed by atoms with Crippen LogP contribution < -0.4 is 5.32 Å². The Morgan fingerprint density at radius 2 is 2.47 bits per heavy atom. The molecule has 0 spiro atoms. The van der Waals surface area contributed by atoms with Crippen molar-refractivity contribution in [3.05, 3.63) is 12.2 Å². The summed E-state index contributed by atoms with van der Waals surface area (Å²) in [6.07, 6.45) is 2.47. The van der Waals surface area contributed by atoms with Crippen molar-refractivity contribution < 1.29 is 9.90 Å². The molecule has 0 atom stereocenters. The quantitative estimate of drug-likeness (QED) is 0.677. The van der Waals surface area contributed by atoms with Crippen molar-refractivity contribution in [1.29, 1.82) is 0 Å². The number of rotatable bonds is 6. The Hall–Kier alpha value is -1.43. The molecule has 6 heteroatoms. The van der Waals surface area contributed by atoms with E-state index >= 15 is 0 Å². The fourth-order valence-electron chi connectivity index (χ4n) is 1.19. The summed E-state index contributed by atoms with van der Waals surface area (Å²) in [5.74, 6) is 0.671. The maximum absolute atomic E-state index is 11.2. The Morgan fingerprint density at radius 3 is 3.13 bits per heavy atom. The van der Waals surface area contributed by atoms with Crippen molar-refractivity contribution in [2.75, 3.05) is 6.61 Å². The number of hydrogen-bond acceptors (Lipinski definition) is 4. The summed E-state index contributed by atoms with van der Waals surface area (Å²) in [6, 6.07) is 0. The molecule has 0 aliphatic heterocycles. The molecule has 1 heterocycles. The predicted molar refractivity (Wildman–Crippen MR) is 53.9 cm³/mol. The molecule has 15 heavy (non-hydrogen) atoms. The van der Waals surface area contributed by atoms with E-state index in [0.29, 0.717) is 19.4 Å². The zero-order valence-corrected chi connectivity index (χ0v) is 8.81. The summed E-state index contributed by atoms with van der Waals surface area (Å²) >= 11 is 0. The lowest BCUT2D eigenvalue weighted by Gasteiger charge is -2.05. The fraction of sp³-hybridized carbons (Fsp3) is 0.667. The predicted octanol–water partition coefficient (Wildman–Crippen LogP) is -0.313. The molecule has 6 nitrogen and oxygen atoms in total. The van der Waals surface area contributed by atoms with Crippen LogP contribution in [0.2, 0.25) is 0 Å². The maximum Gasteiger partial charge on any atom is 0.220 e. The van der Waals surface area contributed by atoms with E-state index in [9.17, 15) is 4.79 Å². The van der Waals surface area contributed by atoms with Crippen LogP contribution in [0.4, 0.5) is 0 Å². The Morgan fingerprint density at radius 1 is 1.67 bits per heavy atom. The van der Waals surface area contributed by atoms with Gasteiger partial charge < -0.3 is 15.0 Å². The minimum Gasteiger partial charge on any atom is -0.396 e. The topological polar surface area (TPSA) is 80.0 Å². The minimum absolute atomic E-state index is 0.0402. The van der Waals surface area contributed by atoms with Crippen LogP contribution in [-0.4, -0.2) is 32.4 Å². The van der Waals surface area contributed by atoms with Gasteiger partial charge in [0.2, 0.25) is 5.91 Å². The van der Waals surface area contributed by atoms with Crippen molar-refractivity contribution in [3.63, 3.8) is 0 Å². The van der Waals surface area contributed by atoms with Crippen LogP contribution in [0, 0.1) is 0 Å². The number of aliphatic hydroxyl groups is 1. The van der Waals surface area contributed by atoms with Gasteiger partial charge in [-0.05, 0) is 13.3 Å². The highest BCUT2D eigenvalue weighted by Gasteiger charge is 2.05. The number of carbonyl (C=O) groups is 1. The molecule has 0 fully saturated rings. The third-order valence-corrected chi connectivity index (χ3v) is 2.04. The van der Waals surface area contributed by atoms with Crippen LogP contribution in [0.1, 0.15) is 25.6 Å². The fourth-order valence-corrected chi connectivity index (χ4v) is 1.19. The highest BCUT2D eigenvalue weighted by Crippen LogP contribution is 1.95. The molecule has 1 aromatic heterocycles. The van der Waals surface area contributed by atoms with Gasteiger partial charge in [0.05, 0.1) is 6.54 Å². The Bertz CT molecular complexity index is 311. The first kappa shape index (κ1) is 11.6. The Balaban J connectivity index is 2.33. The van der Waals surface area contributed by atoms with Gasteiger partial charge in [-0.15, -0.1) is 10.2 Å². The van der Waals surface area contributed by atoms with E-state index in [1.54, 1.807) is 6.33 Å². The summed E-state index contributed by atoms with van der Waals surface area (Å²) < 4.78 is 1.87. The second-order valence-corrected chi connectivity index (χ2v) is 3.14. The number of nitrogens with one attached hydrogen (secondary N) is 1. The molecule has 1 aromatic rings. The SMILES string of the molecule is CCn1cnnc1CNC(=O)CCCO. The molecule has 1 rings (SSSR count). The first-order valence-electron chi connectivity index (χ1n) is 5.02. The zero-order chi connectivity index (χ0) is 11.1. The molecule has 0 unspecified atom stereocenters. The first-order chi connectivity index (χ1) is 7.27. The lowest BCUT2D eigenvalue weighted by Crippen LogP contribution is -2.24. The van der Waals surface area contributed by atoms with Crippen molar-refractivity contribution in [3.8, 4) is 0 Å². The van der Waals surface area contributed by atoms with E-state index in [2.05, 4.69) is 15.5 Å². The molecule has 0 radical (unpaired) electrons. The van der Waals surface area contributed by atoms with E-state index in [-0.39, 0.29) is 12.5 Å². The molecule has 1 amide bonds. The molecule has 0 bridgehead atoms. The Labute approximate surface area is 88.3 Å². The molecule has 0 saturated heterocycles. The summed E-state index contributed by atoms with van der Waals surface area (Å²) in [6.45, 7) is 3.20. The van der Waals surface area contributed by atoms with E-state index in [1.165, 1.54) is 0 Å². The largest absolute Gasteiger partial charge is 0.396 e. The second-order valence-electron chi connectivity index (χ2n) is 3.14. The summed E-state index contributed by atoms with van der Waals surface area (Å²) in [5, 5.41) is 18.9. The van der Waals surface area contributed by atoms with Gasteiger partial charge in [0.1, 0.15) is 6.33 Å². The number of nitrogens with zero attached hydrogens (tertiary/aromatic N) is 3. The number of aromatic nitrogens is 3. The van der Waals surface area contributed by atoms with Crippen molar-refractivity contribution in [2.45, 2.75) is 32.9 Å². The number of hydrogen-bond donors (Lipinski definition) is 2. The third kappa shape index (κ3) is 3.67. The van der Waals surface area contributed by atoms with Crippen LogP contribution in [-0.2, 0) is 17.9 Å². The smallest absolute Gasteiger partial charge is 0.220 e. The molecule has 2 N–H and O–H groups in total. The lowest BCUT2D eigenvalue weighted by atomic mass is 10.3. The third-order valence-electron chi connectivity index (χ3n) is 2.04. The zero-order valence-electron chi connectivity index (χ0n) is 8.81. The van der Waals surface area contributed by atoms with Crippen molar-refractivity contribution in [1.82, 2.24) is 20.1 Å². The van der Waals surface area contributed by atoms with Crippen LogP contribution in [0.15, 0.2) is 6.33 Å². The van der Waals surface area contributed by atoms with Crippen LogP contribution >= 0.6 is 0 Å². The van der Waals surface area contributed by atoms with E-state index in [4.69, 9.17) is 5.11 Å². The number of carbonyl (C=O) groups excluding carboxylic acids is 1. The summed E-state index contributed by atoms with van der Waals surface area (Å²) in [7, 11) is 0. The van der Waals surface area contributed by atoms with Crippen molar-refractivity contribution >= 4 is 5.91 Å². The van der Waals surface area contributed by atoms with Crippen molar-refractivity contribution in [2.24, 2.45) is 0 Å². The average Bonchev–Trinajstić information content (AvgIpc) is 2.70. The minimum atomic E-state index is -0.0743. The molecule has 0 aromatic carbocycles. The van der Waals surface area contributed by atoms with Gasteiger partial charge in [0.15, 0.2) is 5.82 Å². The highest BCUT2D eigenvalue weighted by molar-refractivity contribution is 5.75. The lowest BCUT2D eigenvalue weighted by molar-refractivity contribution is -0.121. The molecule has 0 aliphatic rings. The standard InChI is InChI=1S/C9H16N4O2/c1-2-13-7-11-12-8(13)6-10-9(15)4-3-5-14/h7,14H,2-6H2,1H3,(H,10,15). The molecule has 0 aliphatic carbocycles. The summed E-state index contributed by atoms with van der Waals surface area (Å²) in [4.78, 5) is 11.2. The summed E-state index contributed by atoms with van der Waals surface area (Å²) in [5.41, 5.74) is 0. The van der Waals surface area contributed by atoms with E-state index in [1.807, 2.05) is 11.5 Å². The number of aryl methyl sites for hydroxylation is 1. The molecular formula is C9H16N4O2. The number of amides is 1. The highest BCUT2D eigenvalue weighted by atomic mass is 16.3. The van der Waals surface area contributed by atoms with Gasteiger partial charge in [0, 0.05) is 19.6 Å². The van der Waals surface area contributed by atoms with Gasteiger partial charge >= 0.3 is 0 Å².